The lowest BCUT2D eigenvalue weighted by Gasteiger charge is -2.26. The zero-order valence-electron chi connectivity index (χ0n) is 28.2. The zero-order valence-corrected chi connectivity index (χ0v) is 29.0. The smallest absolute Gasteiger partial charge is 0.159 e. The van der Waals surface area contributed by atoms with Gasteiger partial charge in [-0.15, -0.1) is 11.3 Å². The Balaban J connectivity index is 1.14. The van der Waals surface area contributed by atoms with Crippen LogP contribution in [0.3, 0.4) is 0 Å². The summed E-state index contributed by atoms with van der Waals surface area (Å²) in [4.78, 5) is 2.29. The van der Waals surface area contributed by atoms with Crippen molar-refractivity contribution in [1.29, 1.82) is 0 Å². The van der Waals surface area contributed by atoms with E-state index in [4.69, 9.17) is 13.3 Å². The molecule has 0 saturated carbocycles. The van der Waals surface area contributed by atoms with Crippen molar-refractivity contribution in [2.24, 2.45) is 0 Å². The Hall–Kier alpha value is -6.82. The van der Waals surface area contributed by atoms with Crippen LogP contribution in [0.1, 0.15) is 0 Å². The highest BCUT2D eigenvalue weighted by atomic mass is 32.1. The Bertz CT molecular complexity index is 3320. The van der Waals surface area contributed by atoms with Gasteiger partial charge in [-0.2, -0.15) is 0 Å². The van der Waals surface area contributed by atoms with Crippen molar-refractivity contribution in [3.8, 4) is 11.1 Å². The van der Waals surface area contributed by atoms with Crippen molar-refractivity contribution in [2.45, 2.75) is 0 Å². The van der Waals surface area contributed by atoms with Crippen molar-refractivity contribution in [2.75, 3.05) is 4.90 Å². The van der Waals surface area contributed by atoms with E-state index in [-0.39, 0.29) is 0 Å². The highest BCUT2D eigenvalue weighted by Crippen LogP contribution is 2.49. The third-order valence-corrected chi connectivity index (χ3v) is 11.8. The third-order valence-electron chi connectivity index (χ3n) is 10.7. The van der Waals surface area contributed by atoms with E-state index in [0.717, 1.165) is 99.4 Å². The number of benzene rings is 8. The molecule has 0 aliphatic heterocycles. The second kappa shape index (κ2) is 10.8. The molecule has 53 heavy (non-hydrogen) atoms. The van der Waals surface area contributed by atoms with Gasteiger partial charge >= 0.3 is 0 Å². The van der Waals surface area contributed by atoms with E-state index >= 15 is 0 Å². The van der Waals surface area contributed by atoms with Crippen molar-refractivity contribution in [3.05, 3.63) is 164 Å². The van der Waals surface area contributed by atoms with E-state index in [1.165, 1.54) is 14.8 Å². The van der Waals surface area contributed by atoms with Gasteiger partial charge in [0.25, 0.3) is 0 Å². The molecule has 4 nitrogen and oxygen atoms in total. The molecule has 0 aliphatic carbocycles. The Morgan fingerprint density at radius 2 is 0.887 bits per heavy atom. The molecule has 0 fully saturated rings. The number of thiophene rings is 1. The van der Waals surface area contributed by atoms with Crippen molar-refractivity contribution < 1.29 is 13.3 Å². The minimum atomic E-state index is 0.824. The predicted octanol–water partition coefficient (Wildman–Crippen LogP) is 14.9. The fourth-order valence-electron chi connectivity index (χ4n) is 8.36. The fraction of sp³-hybridized carbons (Fsp3) is 0. The summed E-state index contributed by atoms with van der Waals surface area (Å²) >= 11 is 1.81. The lowest BCUT2D eigenvalue weighted by molar-refractivity contribution is 0.666. The molecular weight excluding hydrogens is 671 g/mol. The molecule has 5 heteroatoms. The molecule has 0 bridgehead atoms. The molecule has 8 aromatic carbocycles. The van der Waals surface area contributed by atoms with Crippen LogP contribution in [0.15, 0.2) is 177 Å². The fourth-order valence-corrected chi connectivity index (χ4v) is 9.49. The van der Waals surface area contributed by atoms with Gasteiger partial charge in [-0.25, -0.2) is 0 Å². The molecule has 12 rings (SSSR count). The Kier molecular flexibility index (Phi) is 5.90. The van der Waals surface area contributed by atoms with Crippen LogP contribution >= 0.6 is 11.3 Å². The number of hydrogen-bond acceptors (Lipinski definition) is 5. The standard InChI is InChI=1S/C48H27NO3S/c1-4-21-39-31(13-1)34-17-8-19-37(46(34)50-39)49(38-20-9-18-35-32-14-2-5-22-40(32)51-47(35)38)29-12-7-11-28(27-29)30-16-10-24-42-44(30)45-43(53-42)26-25-36-33-15-3-6-23-41(33)52-48(36)45/h1-27H. The first-order valence-electron chi connectivity index (χ1n) is 17.7. The van der Waals surface area contributed by atoms with Gasteiger partial charge in [0.15, 0.2) is 11.2 Å². The number of hydrogen-bond donors (Lipinski definition) is 0. The average molecular weight is 698 g/mol. The van der Waals surface area contributed by atoms with Gasteiger partial charge in [0.2, 0.25) is 0 Å². The normalized spacial score (nSPS) is 12.2. The summed E-state index contributed by atoms with van der Waals surface area (Å²) in [5, 5.41) is 8.97. The highest BCUT2D eigenvalue weighted by molar-refractivity contribution is 7.26. The first-order valence-corrected chi connectivity index (χ1v) is 18.6. The monoisotopic (exact) mass is 697 g/mol. The van der Waals surface area contributed by atoms with Gasteiger partial charge in [-0.1, -0.05) is 103 Å². The molecule has 0 unspecified atom stereocenters. The molecule has 0 spiro atoms. The van der Waals surface area contributed by atoms with Crippen molar-refractivity contribution in [3.63, 3.8) is 0 Å². The van der Waals surface area contributed by atoms with Crippen molar-refractivity contribution in [1.82, 2.24) is 0 Å². The van der Waals surface area contributed by atoms with E-state index in [2.05, 4.69) is 138 Å². The van der Waals surface area contributed by atoms with Crippen LogP contribution < -0.4 is 4.90 Å². The van der Waals surface area contributed by atoms with Crippen LogP contribution in [-0.2, 0) is 0 Å². The summed E-state index contributed by atoms with van der Waals surface area (Å²) < 4.78 is 22.4. The summed E-state index contributed by atoms with van der Waals surface area (Å²) in [5.41, 5.74) is 10.4. The van der Waals surface area contributed by atoms with Crippen LogP contribution in [-0.4, -0.2) is 0 Å². The van der Waals surface area contributed by atoms with Gasteiger partial charge in [0.05, 0.1) is 11.4 Å². The Morgan fingerprint density at radius 1 is 0.377 bits per heavy atom. The van der Waals surface area contributed by atoms with Crippen LogP contribution in [0.5, 0.6) is 0 Å². The van der Waals surface area contributed by atoms with Crippen LogP contribution in [0.25, 0.3) is 97.1 Å². The number of nitrogens with zero attached hydrogens (tertiary/aromatic N) is 1. The molecule has 0 N–H and O–H groups in total. The van der Waals surface area contributed by atoms with E-state index in [9.17, 15) is 0 Å². The first-order chi connectivity index (χ1) is 26.3. The van der Waals surface area contributed by atoms with Gasteiger partial charge in [-0.05, 0) is 71.8 Å². The summed E-state index contributed by atoms with van der Waals surface area (Å²) in [6.45, 7) is 0. The Labute approximate surface area is 306 Å². The summed E-state index contributed by atoms with van der Waals surface area (Å²) in [6.07, 6.45) is 0. The summed E-state index contributed by atoms with van der Waals surface area (Å²) in [7, 11) is 0. The topological polar surface area (TPSA) is 42.7 Å². The zero-order chi connectivity index (χ0) is 34.6. The highest BCUT2D eigenvalue weighted by Gasteiger charge is 2.24. The first kappa shape index (κ1) is 28.8. The molecule has 4 heterocycles. The van der Waals surface area contributed by atoms with Crippen LogP contribution in [0.4, 0.5) is 17.1 Å². The molecule has 0 saturated heterocycles. The largest absolute Gasteiger partial charge is 0.455 e. The van der Waals surface area contributed by atoms with Gasteiger partial charge < -0.3 is 18.2 Å². The lowest BCUT2D eigenvalue weighted by Crippen LogP contribution is -2.10. The lowest BCUT2D eigenvalue weighted by atomic mass is 9.97. The third kappa shape index (κ3) is 4.11. The second-order valence-corrected chi connectivity index (χ2v) is 14.7. The van der Waals surface area contributed by atoms with Gasteiger partial charge in [0, 0.05) is 58.2 Å². The molecule has 4 aromatic heterocycles. The minimum absolute atomic E-state index is 0.824. The maximum Gasteiger partial charge on any atom is 0.159 e. The molecular formula is C48H27NO3S. The van der Waals surface area contributed by atoms with E-state index in [1.807, 2.05) is 41.7 Å². The SMILES string of the molecule is c1cc(-c2cccc3sc4ccc5c6ccccc6oc5c4c23)cc(N(c2cccc3c2oc2ccccc23)c2cccc3c2oc2ccccc23)c1. The van der Waals surface area contributed by atoms with E-state index in [1.54, 1.807) is 0 Å². The number of anilines is 3. The summed E-state index contributed by atoms with van der Waals surface area (Å²) in [6, 6.07) is 57.5. The molecule has 0 aliphatic rings. The van der Waals surface area contributed by atoms with E-state index in [0.29, 0.717) is 0 Å². The molecule has 0 atom stereocenters. The molecule has 0 amide bonds. The van der Waals surface area contributed by atoms with E-state index < -0.39 is 0 Å². The average Bonchev–Trinajstić information content (AvgIpc) is 3.98. The van der Waals surface area contributed by atoms with Crippen LogP contribution in [0, 0.1) is 0 Å². The predicted molar refractivity (Wildman–Crippen MR) is 221 cm³/mol. The van der Waals surface area contributed by atoms with Gasteiger partial charge in [-0.3, -0.25) is 0 Å². The number of rotatable bonds is 4. The molecule has 12 aromatic rings. The second-order valence-electron chi connectivity index (χ2n) is 13.6. The minimum Gasteiger partial charge on any atom is -0.455 e. The quantitative estimate of drug-likeness (QED) is 0.184. The summed E-state index contributed by atoms with van der Waals surface area (Å²) in [5.74, 6) is 0. The van der Waals surface area contributed by atoms with Gasteiger partial charge in [0.1, 0.15) is 22.3 Å². The Morgan fingerprint density at radius 3 is 1.53 bits per heavy atom. The molecule has 0 radical (unpaired) electrons. The maximum absolute atomic E-state index is 6.67. The van der Waals surface area contributed by atoms with Crippen molar-refractivity contribution >= 4 is 114 Å². The number of furan rings is 3. The number of para-hydroxylation sites is 5. The number of fused-ring (bicyclic) bond motifs is 13. The van der Waals surface area contributed by atoms with Crippen LogP contribution in [0.2, 0.25) is 0 Å². The maximum atomic E-state index is 6.67. The molecule has 248 valence electrons.